The Morgan fingerprint density at radius 3 is 2.68 bits per heavy atom. The predicted octanol–water partition coefficient (Wildman–Crippen LogP) is 3.22. The van der Waals surface area contributed by atoms with Crippen LogP contribution in [0.5, 0.6) is 5.75 Å². The van der Waals surface area contributed by atoms with Crippen molar-refractivity contribution in [1.29, 1.82) is 5.26 Å². The van der Waals surface area contributed by atoms with Crippen LogP contribution >= 0.6 is 0 Å². The van der Waals surface area contributed by atoms with Crippen LogP contribution in [-0.2, 0) is 4.74 Å². The standard InChI is InChI=1S/C14H18N2O3/c1-5-18-13-10(4)6-12(7-11(13)8-15)16-14(17)19-9(2)3/h6-7,9H,5H2,1-4H3,(H,16,17). The molecule has 1 N–H and O–H groups in total. The molecule has 0 heterocycles. The normalized spacial score (nSPS) is 9.89. The molecule has 0 saturated carbocycles. The van der Waals surface area contributed by atoms with Gasteiger partial charge in [-0.1, -0.05) is 0 Å². The Labute approximate surface area is 113 Å². The summed E-state index contributed by atoms with van der Waals surface area (Å²) in [7, 11) is 0. The van der Waals surface area contributed by atoms with Crippen LogP contribution in [0, 0.1) is 18.3 Å². The monoisotopic (exact) mass is 262 g/mol. The van der Waals surface area contributed by atoms with Crippen molar-refractivity contribution >= 4 is 11.8 Å². The molecule has 0 saturated heterocycles. The van der Waals surface area contributed by atoms with Crippen molar-refractivity contribution in [3.05, 3.63) is 23.3 Å². The minimum atomic E-state index is -0.539. The lowest BCUT2D eigenvalue weighted by molar-refractivity contribution is 0.130. The quantitative estimate of drug-likeness (QED) is 0.904. The molecule has 1 rings (SSSR count). The van der Waals surface area contributed by atoms with E-state index >= 15 is 0 Å². The lowest BCUT2D eigenvalue weighted by Crippen LogP contribution is -2.18. The summed E-state index contributed by atoms with van der Waals surface area (Å²) in [6.45, 7) is 7.70. The van der Waals surface area contributed by atoms with Crippen molar-refractivity contribution in [1.82, 2.24) is 0 Å². The van der Waals surface area contributed by atoms with Crippen molar-refractivity contribution in [3.63, 3.8) is 0 Å². The van der Waals surface area contributed by atoms with E-state index in [4.69, 9.17) is 14.7 Å². The second-order valence-corrected chi connectivity index (χ2v) is 4.29. The van der Waals surface area contributed by atoms with E-state index in [-0.39, 0.29) is 6.10 Å². The number of rotatable bonds is 4. The highest BCUT2D eigenvalue weighted by molar-refractivity contribution is 5.85. The molecule has 5 nitrogen and oxygen atoms in total. The van der Waals surface area contributed by atoms with Crippen LogP contribution in [-0.4, -0.2) is 18.8 Å². The predicted molar refractivity (Wildman–Crippen MR) is 72.3 cm³/mol. The van der Waals surface area contributed by atoms with Crippen LogP contribution in [0.15, 0.2) is 12.1 Å². The molecule has 0 aliphatic carbocycles. The number of carbonyl (C=O) groups is 1. The largest absolute Gasteiger partial charge is 0.492 e. The number of nitriles is 1. The van der Waals surface area contributed by atoms with Gasteiger partial charge < -0.3 is 9.47 Å². The Morgan fingerprint density at radius 1 is 1.47 bits per heavy atom. The van der Waals surface area contributed by atoms with Crippen LogP contribution in [0.25, 0.3) is 0 Å². The molecular formula is C14H18N2O3. The molecule has 0 unspecified atom stereocenters. The zero-order valence-electron chi connectivity index (χ0n) is 11.6. The van der Waals surface area contributed by atoms with E-state index in [1.807, 2.05) is 13.8 Å². The van der Waals surface area contributed by atoms with Crippen molar-refractivity contribution in [3.8, 4) is 11.8 Å². The Morgan fingerprint density at radius 2 is 2.16 bits per heavy atom. The molecular weight excluding hydrogens is 244 g/mol. The third kappa shape index (κ3) is 4.18. The molecule has 19 heavy (non-hydrogen) atoms. The maximum Gasteiger partial charge on any atom is 0.411 e. The van der Waals surface area contributed by atoms with Gasteiger partial charge in [0.2, 0.25) is 0 Å². The van der Waals surface area contributed by atoms with Gasteiger partial charge in [0.25, 0.3) is 0 Å². The minimum Gasteiger partial charge on any atom is -0.492 e. The fourth-order valence-electron chi connectivity index (χ4n) is 1.63. The molecule has 1 amide bonds. The van der Waals surface area contributed by atoms with Crippen LogP contribution in [0.2, 0.25) is 0 Å². The molecule has 1 aromatic rings. The number of benzene rings is 1. The number of nitrogens with one attached hydrogen (secondary N) is 1. The fourth-order valence-corrected chi connectivity index (χ4v) is 1.63. The first-order valence-electron chi connectivity index (χ1n) is 6.13. The molecule has 102 valence electrons. The topological polar surface area (TPSA) is 71.3 Å². The Hall–Kier alpha value is -2.22. The molecule has 0 atom stereocenters. The van der Waals surface area contributed by atoms with Crippen molar-refractivity contribution < 1.29 is 14.3 Å². The van der Waals surface area contributed by atoms with Gasteiger partial charge in [-0.05, 0) is 45.4 Å². The van der Waals surface area contributed by atoms with Crippen LogP contribution in [0.1, 0.15) is 31.9 Å². The van der Waals surface area contributed by atoms with Gasteiger partial charge in [-0.3, -0.25) is 5.32 Å². The summed E-state index contributed by atoms with van der Waals surface area (Å²) in [4.78, 5) is 11.5. The summed E-state index contributed by atoms with van der Waals surface area (Å²) in [5, 5.41) is 11.7. The van der Waals surface area contributed by atoms with Crippen molar-refractivity contribution in [2.75, 3.05) is 11.9 Å². The summed E-state index contributed by atoms with van der Waals surface area (Å²) in [5.74, 6) is 0.549. The number of nitrogens with zero attached hydrogens (tertiary/aromatic N) is 1. The zero-order valence-corrected chi connectivity index (χ0v) is 11.6. The smallest absolute Gasteiger partial charge is 0.411 e. The number of anilines is 1. The van der Waals surface area contributed by atoms with Crippen molar-refractivity contribution in [2.45, 2.75) is 33.8 Å². The molecule has 0 aromatic heterocycles. The zero-order chi connectivity index (χ0) is 14.4. The molecule has 0 spiro atoms. The lowest BCUT2D eigenvalue weighted by Gasteiger charge is -2.13. The summed E-state index contributed by atoms with van der Waals surface area (Å²) in [5.41, 5.74) is 1.70. The van der Waals surface area contributed by atoms with Gasteiger partial charge >= 0.3 is 6.09 Å². The van der Waals surface area contributed by atoms with E-state index in [0.717, 1.165) is 5.56 Å². The summed E-state index contributed by atoms with van der Waals surface area (Å²) >= 11 is 0. The average Bonchev–Trinajstić information content (AvgIpc) is 2.31. The highest BCUT2D eigenvalue weighted by Gasteiger charge is 2.12. The van der Waals surface area contributed by atoms with Gasteiger partial charge in [0.15, 0.2) is 0 Å². The SMILES string of the molecule is CCOc1c(C)cc(NC(=O)OC(C)C)cc1C#N. The van der Waals surface area contributed by atoms with E-state index in [1.165, 1.54) is 0 Å². The first kappa shape index (κ1) is 14.8. The maximum atomic E-state index is 11.5. The first-order chi connectivity index (χ1) is 8.97. The minimum absolute atomic E-state index is 0.195. The second-order valence-electron chi connectivity index (χ2n) is 4.29. The molecule has 5 heteroatoms. The Balaban J connectivity index is 2.96. The molecule has 0 aliphatic rings. The Kier molecular flexibility index (Phi) is 5.19. The number of carbonyl (C=O) groups excluding carboxylic acids is 1. The highest BCUT2D eigenvalue weighted by Crippen LogP contribution is 2.27. The third-order valence-electron chi connectivity index (χ3n) is 2.27. The van der Waals surface area contributed by atoms with Crippen LogP contribution in [0.4, 0.5) is 10.5 Å². The van der Waals surface area contributed by atoms with E-state index in [0.29, 0.717) is 23.6 Å². The Bertz CT molecular complexity index is 504. The van der Waals surface area contributed by atoms with Gasteiger partial charge in [-0.2, -0.15) is 5.26 Å². The fraction of sp³-hybridized carbons (Fsp3) is 0.429. The lowest BCUT2D eigenvalue weighted by atomic mass is 10.1. The highest BCUT2D eigenvalue weighted by atomic mass is 16.6. The van der Waals surface area contributed by atoms with Gasteiger partial charge in [-0.25, -0.2) is 4.79 Å². The van der Waals surface area contributed by atoms with E-state index in [1.54, 1.807) is 26.0 Å². The second kappa shape index (κ2) is 6.64. The maximum absolute atomic E-state index is 11.5. The average molecular weight is 262 g/mol. The van der Waals surface area contributed by atoms with Crippen LogP contribution < -0.4 is 10.1 Å². The van der Waals surface area contributed by atoms with Gasteiger partial charge in [-0.15, -0.1) is 0 Å². The van der Waals surface area contributed by atoms with Gasteiger partial charge in [0.1, 0.15) is 11.8 Å². The van der Waals surface area contributed by atoms with E-state index in [9.17, 15) is 4.79 Å². The molecule has 0 bridgehead atoms. The number of amides is 1. The van der Waals surface area contributed by atoms with Gasteiger partial charge in [0.05, 0.1) is 18.3 Å². The summed E-state index contributed by atoms with van der Waals surface area (Å²) in [6, 6.07) is 5.37. The van der Waals surface area contributed by atoms with E-state index < -0.39 is 6.09 Å². The number of hydrogen-bond acceptors (Lipinski definition) is 4. The molecule has 0 radical (unpaired) electrons. The first-order valence-corrected chi connectivity index (χ1v) is 6.13. The summed E-state index contributed by atoms with van der Waals surface area (Å²) < 4.78 is 10.4. The number of hydrogen-bond donors (Lipinski definition) is 1. The van der Waals surface area contributed by atoms with E-state index in [2.05, 4.69) is 11.4 Å². The third-order valence-corrected chi connectivity index (χ3v) is 2.27. The molecule has 0 aliphatic heterocycles. The number of aryl methyl sites for hydroxylation is 1. The molecule has 1 aromatic carbocycles. The molecule has 0 fully saturated rings. The van der Waals surface area contributed by atoms with Crippen LogP contribution in [0.3, 0.4) is 0 Å². The number of ether oxygens (including phenoxy) is 2. The summed E-state index contributed by atoms with van der Waals surface area (Å²) in [6.07, 6.45) is -0.735. The van der Waals surface area contributed by atoms with Crippen molar-refractivity contribution in [2.24, 2.45) is 0 Å². The van der Waals surface area contributed by atoms with Gasteiger partial charge in [0, 0.05) is 5.69 Å².